The van der Waals surface area contributed by atoms with Crippen molar-refractivity contribution in [3.8, 4) is 0 Å². The minimum atomic E-state index is -0.320. The van der Waals surface area contributed by atoms with Crippen LogP contribution in [0.5, 0.6) is 0 Å². The monoisotopic (exact) mass is 309 g/mol. The Morgan fingerprint density at radius 3 is 3.00 bits per heavy atom. The van der Waals surface area contributed by atoms with Crippen molar-refractivity contribution in [3.05, 3.63) is 51.2 Å². The first-order valence-corrected chi connectivity index (χ1v) is 7.21. The second-order valence-corrected chi connectivity index (χ2v) is 5.31. The highest BCUT2D eigenvalue weighted by Gasteiger charge is 2.10. The lowest BCUT2D eigenvalue weighted by molar-refractivity contribution is 0.0946. The molecular weight excluding hydrogens is 293 g/mol. The summed E-state index contributed by atoms with van der Waals surface area (Å²) < 4.78 is 18.4. The van der Waals surface area contributed by atoms with Crippen molar-refractivity contribution < 1.29 is 13.9 Å². The van der Waals surface area contributed by atoms with Gasteiger partial charge in [0, 0.05) is 31.1 Å². The first-order valence-electron chi connectivity index (χ1n) is 6.33. The zero-order valence-electron chi connectivity index (χ0n) is 11.6. The summed E-state index contributed by atoms with van der Waals surface area (Å²) in [5.74, 6) is -0.595. The van der Waals surface area contributed by atoms with Gasteiger partial charge in [-0.25, -0.2) is 9.37 Å². The molecule has 0 spiro atoms. The van der Waals surface area contributed by atoms with Gasteiger partial charge >= 0.3 is 0 Å². The molecule has 0 bridgehead atoms. The maximum absolute atomic E-state index is 13.5. The first kappa shape index (κ1) is 15.6. The molecule has 21 heavy (non-hydrogen) atoms. The highest BCUT2D eigenvalue weighted by atomic mass is 32.1. The smallest absolute Gasteiger partial charge is 0.271 e. The molecule has 1 amide bonds. The van der Waals surface area contributed by atoms with Gasteiger partial charge in [0.1, 0.15) is 16.5 Å². The fourth-order valence-corrected chi connectivity index (χ4v) is 2.44. The van der Waals surface area contributed by atoms with Crippen LogP contribution < -0.4 is 11.1 Å². The van der Waals surface area contributed by atoms with E-state index < -0.39 is 0 Å². The van der Waals surface area contributed by atoms with Gasteiger partial charge < -0.3 is 15.8 Å². The standard InChI is InChI=1S/C14H16FN3O2S/c1-20-7-10-4-9(2-3-11(10)15)6-17-14(19)12-8-21-13(5-16)18-12/h2-4,8H,5-7,16H2,1H3,(H,17,19). The molecule has 0 radical (unpaired) electrons. The number of rotatable bonds is 6. The topological polar surface area (TPSA) is 77.2 Å². The fourth-order valence-electron chi connectivity index (χ4n) is 1.79. The van der Waals surface area contributed by atoms with Crippen LogP contribution in [0.1, 0.15) is 26.6 Å². The van der Waals surface area contributed by atoms with E-state index in [-0.39, 0.29) is 18.3 Å². The fraction of sp³-hybridized carbons (Fsp3) is 0.286. The van der Waals surface area contributed by atoms with Crippen LogP contribution in [0.3, 0.4) is 0 Å². The Morgan fingerprint density at radius 1 is 1.52 bits per heavy atom. The molecule has 2 aromatic rings. The van der Waals surface area contributed by atoms with Crippen LogP contribution in [-0.4, -0.2) is 18.0 Å². The van der Waals surface area contributed by atoms with Crippen molar-refractivity contribution in [2.45, 2.75) is 19.7 Å². The number of thiazole rings is 1. The van der Waals surface area contributed by atoms with E-state index in [4.69, 9.17) is 10.5 Å². The van der Waals surface area contributed by atoms with E-state index in [0.717, 1.165) is 5.56 Å². The number of hydrogen-bond donors (Lipinski definition) is 2. The van der Waals surface area contributed by atoms with Gasteiger partial charge in [0.05, 0.1) is 6.61 Å². The van der Waals surface area contributed by atoms with Gasteiger partial charge in [-0.2, -0.15) is 0 Å². The van der Waals surface area contributed by atoms with E-state index in [1.165, 1.54) is 24.5 Å². The second kappa shape index (κ2) is 7.26. The van der Waals surface area contributed by atoms with E-state index in [1.54, 1.807) is 17.5 Å². The number of halogens is 1. The van der Waals surface area contributed by atoms with E-state index in [1.807, 2.05) is 0 Å². The summed E-state index contributed by atoms with van der Waals surface area (Å²) in [4.78, 5) is 16.0. The molecule has 0 saturated heterocycles. The number of nitrogens with zero attached hydrogens (tertiary/aromatic N) is 1. The second-order valence-electron chi connectivity index (χ2n) is 4.37. The first-order chi connectivity index (χ1) is 10.1. The number of methoxy groups -OCH3 is 1. The molecule has 1 heterocycles. The molecule has 5 nitrogen and oxygen atoms in total. The molecule has 0 atom stereocenters. The Balaban J connectivity index is 1.99. The number of benzene rings is 1. The number of aromatic nitrogens is 1. The Kier molecular flexibility index (Phi) is 5.38. The lowest BCUT2D eigenvalue weighted by Gasteiger charge is -2.07. The summed E-state index contributed by atoms with van der Waals surface area (Å²) in [6.07, 6.45) is 0. The summed E-state index contributed by atoms with van der Waals surface area (Å²) in [7, 11) is 1.51. The average Bonchev–Trinajstić information content (AvgIpc) is 2.97. The van der Waals surface area contributed by atoms with Crippen molar-refractivity contribution in [2.75, 3.05) is 7.11 Å². The van der Waals surface area contributed by atoms with Gasteiger partial charge in [-0.1, -0.05) is 6.07 Å². The van der Waals surface area contributed by atoms with Gasteiger partial charge in [-0.3, -0.25) is 4.79 Å². The Labute approximate surface area is 126 Å². The highest BCUT2D eigenvalue weighted by molar-refractivity contribution is 7.09. The number of nitrogens with one attached hydrogen (secondary N) is 1. The predicted molar refractivity (Wildman–Crippen MR) is 78.3 cm³/mol. The third kappa shape index (κ3) is 4.07. The zero-order valence-corrected chi connectivity index (χ0v) is 12.4. The van der Waals surface area contributed by atoms with Crippen LogP contribution in [-0.2, 0) is 24.4 Å². The van der Waals surface area contributed by atoms with Crippen LogP contribution in [0.25, 0.3) is 0 Å². The van der Waals surface area contributed by atoms with Crippen LogP contribution >= 0.6 is 11.3 Å². The molecule has 0 fully saturated rings. The number of nitrogens with two attached hydrogens (primary N) is 1. The number of carbonyl (C=O) groups is 1. The van der Waals surface area contributed by atoms with E-state index in [2.05, 4.69) is 10.3 Å². The van der Waals surface area contributed by atoms with E-state index in [9.17, 15) is 9.18 Å². The molecular formula is C14H16FN3O2S. The van der Waals surface area contributed by atoms with Crippen LogP contribution in [0, 0.1) is 5.82 Å². The maximum atomic E-state index is 13.5. The summed E-state index contributed by atoms with van der Waals surface area (Å²) >= 11 is 1.35. The van der Waals surface area contributed by atoms with Crippen LogP contribution in [0.15, 0.2) is 23.6 Å². The Bertz CT molecular complexity index is 630. The molecule has 1 aromatic carbocycles. The molecule has 2 rings (SSSR count). The molecule has 0 aliphatic rings. The van der Waals surface area contributed by atoms with Crippen LogP contribution in [0.2, 0.25) is 0 Å². The molecule has 3 N–H and O–H groups in total. The highest BCUT2D eigenvalue weighted by Crippen LogP contribution is 2.12. The lowest BCUT2D eigenvalue weighted by atomic mass is 10.1. The quantitative estimate of drug-likeness (QED) is 0.853. The number of ether oxygens (including phenoxy) is 1. The molecule has 112 valence electrons. The molecule has 7 heteroatoms. The minimum absolute atomic E-state index is 0.194. The largest absolute Gasteiger partial charge is 0.380 e. The summed E-state index contributed by atoms with van der Waals surface area (Å²) in [5.41, 5.74) is 7.06. The summed E-state index contributed by atoms with van der Waals surface area (Å²) in [5, 5.41) is 5.12. The third-order valence-corrected chi connectivity index (χ3v) is 3.69. The van der Waals surface area contributed by atoms with E-state index in [0.29, 0.717) is 29.4 Å². The van der Waals surface area contributed by atoms with Crippen molar-refractivity contribution >= 4 is 17.2 Å². The predicted octanol–water partition coefficient (Wildman–Crippen LogP) is 1.82. The molecule has 0 saturated carbocycles. The zero-order chi connectivity index (χ0) is 15.2. The number of carbonyl (C=O) groups excluding carboxylic acids is 1. The Morgan fingerprint density at radius 2 is 2.33 bits per heavy atom. The van der Waals surface area contributed by atoms with Crippen LogP contribution in [0.4, 0.5) is 4.39 Å². The molecule has 0 unspecified atom stereocenters. The van der Waals surface area contributed by atoms with Gasteiger partial charge in [-0.15, -0.1) is 11.3 Å². The van der Waals surface area contributed by atoms with Gasteiger partial charge in [-0.05, 0) is 17.7 Å². The molecule has 0 aliphatic heterocycles. The van der Waals surface area contributed by atoms with Crippen molar-refractivity contribution in [1.29, 1.82) is 0 Å². The molecule has 0 aliphatic carbocycles. The van der Waals surface area contributed by atoms with Crippen molar-refractivity contribution in [1.82, 2.24) is 10.3 Å². The Hall–Kier alpha value is -1.83. The summed E-state index contributed by atoms with van der Waals surface area (Å²) in [6, 6.07) is 4.66. The average molecular weight is 309 g/mol. The van der Waals surface area contributed by atoms with Gasteiger partial charge in [0.15, 0.2) is 0 Å². The number of amides is 1. The summed E-state index contributed by atoms with van der Waals surface area (Å²) in [6.45, 7) is 0.807. The molecule has 1 aromatic heterocycles. The number of hydrogen-bond acceptors (Lipinski definition) is 5. The maximum Gasteiger partial charge on any atom is 0.271 e. The minimum Gasteiger partial charge on any atom is -0.380 e. The van der Waals surface area contributed by atoms with Gasteiger partial charge in [0.2, 0.25) is 0 Å². The lowest BCUT2D eigenvalue weighted by Crippen LogP contribution is -2.23. The third-order valence-electron chi connectivity index (χ3n) is 2.82. The van der Waals surface area contributed by atoms with Crippen molar-refractivity contribution in [2.24, 2.45) is 5.73 Å². The van der Waals surface area contributed by atoms with Gasteiger partial charge in [0.25, 0.3) is 5.91 Å². The normalized spacial score (nSPS) is 10.6. The van der Waals surface area contributed by atoms with E-state index >= 15 is 0 Å². The van der Waals surface area contributed by atoms with Crippen molar-refractivity contribution in [3.63, 3.8) is 0 Å². The SMILES string of the molecule is COCc1cc(CNC(=O)c2csc(CN)n2)ccc1F.